The normalized spacial score (nSPS) is 11.8. The van der Waals surface area contributed by atoms with Gasteiger partial charge in [-0.1, -0.05) is 66.2 Å². The highest BCUT2D eigenvalue weighted by Gasteiger charge is 2.19. The van der Waals surface area contributed by atoms with E-state index in [0.29, 0.717) is 5.95 Å². The molecule has 0 unspecified atom stereocenters. The maximum absolute atomic E-state index is 4.97. The van der Waals surface area contributed by atoms with Crippen LogP contribution in [0.1, 0.15) is 5.56 Å². The van der Waals surface area contributed by atoms with Crippen molar-refractivity contribution >= 4 is 38.7 Å². The van der Waals surface area contributed by atoms with Crippen molar-refractivity contribution in [2.24, 2.45) is 0 Å². The molecular formula is C28H19N5. The molecule has 5 nitrogen and oxygen atoms in total. The first-order chi connectivity index (χ1) is 16.3. The summed E-state index contributed by atoms with van der Waals surface area (Å²) in [5, 5.41) is 1.02. The second-order valence-electron chi connectivity index (χ2n) is 8.37. The number of nitrogens with zero attached hydrogens (tertiary/aromatic N) is 5. The summed E-state index contributed by atoms with van der Waals surface area (Å²) in [5.74, 6) is 1.43. The molecule has 0 aliphatic rings. The molecule has 3 aromatic heterocycles. The number of hydrogen-bond donors (Lipinski definition) is 0. The second-order valence-corrected chi connectivity index (χ2v) is 8.37. The fourth-order valence-electron chi connectivity index (χ4n) is 4.67. The minimum absolute atomic E-state index is 0.618. The third-order valence-corrected chi connectivity index (χ3v) is 6.23. The first-order valence-corrected chi connectivity index (χ1v) is 11.0. The smallest absolute Gasteiger partial charge is 0.237 e. The van der Waals surface area contributed by atoms with Crippen molar-refractivity contribution in [2.75, 3.05) is 0 Å². The number of benzene rings is 4. The number of fused-ring (bicyclic) bond motifs is 6. The zero-order valence-electron chi connectivity index (χ0n) is 18.0. The Morgan fingerprint density at radius 2 is 1.45 bits per heavy atom. The number of para-hydroxylation sites is 3. The van der Waals surface area contributed by atoms with Crippen LogP contribution < -0.4 is 0 Å². The monoisotopic (exact) mass is 425 g/mol. The molecular weight excluding hydrogens is 406 g/mol. The fourth-order valence-corrected chi connectivity index (χ4v) is 4.67. The molecule has 0 aliphatic heterocycles. The third-order valence-electron chi connectivity index (χ3n) is 6.23. The van der Waals surface area contributed by atoms with Gasteiger partial charge in [-0.3, -0.25) is 4.40 Å². The van der Waals surface area contributed by atoms with Gasteiger partial charge in [-0.2, -0.15) is 0 Å². The highest BCUT2D eigenvalue weighted by Crippen LogP contribution is 2.32. The first-order valence-electron chi connectivity index (χ1n) is 11.0. The van der Waals surface area contributed by atoms with E-state index in [1.165, 1.54) is 16.7 Å². The molecule has 156 valence electrons. The van der Waals surface area contributed by atoms with E-state index in [9.17, 15) is 0 Å². The zero-order valence-corrected chi connectivity index (χ0v) is 18.0. The molecule has 0 N–H and O–H groups in total. The van der Waals surface area contributed by atoms with Gasteiger partial charge in [-0.25, -0.2) is 19.5 Å². The molecule has 0 aliphatic carbocycles. The first kappa shape index (κ1) is 18.1. The average molecular weight is 425 g/mol. The lowest BCUT2D eigenvalue weighted by Crippen LogP contribution is -2.01. The largest absolute Gasteiger partial charge is 0.276 e. The number of aromatic nitrogens is 5. The minimum atomic E-state index is 0.618. The molecule has 0 saturated heterocycles. The predicted molar refractivity (Wildman–Crippen MR) is 133 cm³/mol. The van der Waals surface area contributed by atoms with Gasteiger partial charge in [0.05, 0.1) is 27.6 Å². The quantitative estimate of drug-likeness (QED) is 0.324. The second kappa shape index (κ2) is 6.74. The lowest BCUT2D eigenvalue weighted by molar-refractivity contribution is 0.984. The number of imidazole rings is 2. The molecule has 0 fully saturated rings. The summed E-state index contributed by atoms with van der Waals surface area (Å²) < 4.78 is 4.27. The van der Waals surface area contributed by atoms with Crippen LogP contribution in [0.25, 0.3) is 55.8 Å². The summed E-state index contributed by atoms with van der Waals surface area (Å²) in [7, 11) is 0. The van der Waals surface area contributed by atoms with Crippen LogP contribution in [0.15, 0.2) is 97.2 Å². The predicted octanol–water partition coefficient (Wildman–Crippen LogP) is 6.35. The average Bonchev–Trinajstić information content (AvgIpc) is 3.38. The molecule has 7 rings (SSSR count). The molecule has 33 heavy (non-hydrogen) atoms. The van der Waals surface area contributed by atoms with E-state index >= 15 is 0 Å². The van der Waals surface area contributed by atoms with Gasteiger partial charge in [0.25, 0.3) is 0 Å². The van der Waals surface area contributed by atoms with Crippen molar-refractivity contribution in [1.29, 1.82) is 0 Å². The van der Waals surface area contributed by atoms with Crippen LogP contribution in [-0.4, -0.2) is 23.9 Å². The van der Waals surface area contributed by atoms with E-state index in [-0.39, 0.29) is 0 Å². The summed E-state index contributed by atoms with van der Waals surface area (Å²) >= 11 is 0. The summed E-state index contributed by atoms with van der Waals surface area (Å²) in [5.41, 5.74) is 8.64. The molecule has 0 amide bonds. The summed E-state index contributed by atoms with van der Waals surface area (Å²) in [6.45, 7) is 2.12. The molecule has 5 heteroatoms. The Morgan fingerprint density at radius 1 is 0.636 bits per heavy atom. The van der Waals surface area contributed by atoms with Crippen LogP contribution in [0, 0.1) is 6.92 Å². The van der Waals surface area contributed by atoms with Crippen molar-refractivity contribution in [1.82, 2.24) is 23.9 Å². The number of rotatable bonds is 2. The summed E-state index contributed by atoms with van der Waals surface area (Å²) in [6, 6.07) is 31.4. The van der Waals surface area contributed by atoms with Crippen LogP contribution in [0.3, 0.4) is 0 Å². The Kier molecular flexibility index (Phi) is 3.70. The molecule has 4 aromatic carbocycles. The lowest BCUT2D eigenvalue weighted by Gasteiger charge is -2.06. The lowest BCUT2D eigenvalue weighted by atomic mass is 10.0. The van der Waals surface area contributed by atoms with Crippen LogP contribution in [-0.2, 0) is 0 Å². The third kappa shape index (κ3) is 2.69. The van der Waals surface area contributed by atoms with Crippen LogP contribution in [0.5, 0.6) is 0 Å². The molecule has 3 heterocycles. The molecule has 0 atom stereocenters. The van der Waals surface area contributed by atoms with Gasteiger partial charge in [0.2, 0.25) is 11.7 Å². The Labute approximate surface area is 189 Å². The topological polar surface area (TPSA) is 48.0 Å². The summed E-state index contributed by atoms with van der Waals surface area (Å²) in [4.78, 5) is 14.6. The highest BCUT2D eigenvalue weighted by atomic mass is 15.3. The van der Waals surface area contributed by atoms with Crippen LogP contribution in [0.4, 0.5) is 0 Å². The van der Waals surface area contributed by atoms with E-state index in [1.807, 2.05) is 42.6 Å². The van der Waals surface area contributed by atoms with Crippen LogP contribution >= 0.6 is 0 Å². The van der Waals surface area contributed by atoms with Crippen molar-refractivity contribution in [3.8, 4) is 17.1 Å². The van der Waals surface area contributed by atoms with Crippen molar-refractivity contribution in [3.05, 3.63) is 103 Å². The Bertz CT molecular complexity index is 1840. The molecule has 7 aromatic rings. The van der Waals surface area contributed by atoms with Gasteiger partial charge in [-0.05, 0) is 48.4 Å². The molecule has 0 bridgehead atoms. The van der Waals surface area contributed by atoms with Gasteiger partial charge in [-0.15, -0.1) is 0 Å². The van der Waals surface area contributed by atoms with Gasteiger partial charge < -0.3 is 0 Å². The fraction of sp³-hybridized carbons (Fsp3) is 0.0357. The van der Waals surface area contributed by atoms with E-state index in [2.05, 4.69) is 70.5 Å². The molecule has 0 radical (unpaired) electrons. The highest BCUT2D eigenvalue weighted by molar-refractivity contribution is 5.94. The van der Waals surface area contributed by atoms with Crippen molar-refractivity contribution in [3.63, 3.8) is 0 Å². The van der Waals surface area contributed by atoms with Crippen LogP contribution in [0.2, 0.25) is 0 Å². The van der Waals surface area contributed by atoms with E-state index in [4.69, 9.17) is 15.0 Å². The maximum Gasteiger partial charge on any atom is 0.237 e. The Morgan fingerprint density at radius 3 is 2.36 bits per heavy atom. The number of aryl methyl sites for hydroxylation is 1. The maximum atomic E-state index is 4.97. The van der Waals surface area contributed by atoms with Crippen molar-refractivity contribution in [2.45, 2.75) is 6.92 Å². The van der Waals surface area contributed by atoms with Gasteiger partial charge in [0.15, 0.2) is 0 Å². The molecule has 0 saturated carbocycles. The van der Waals surface area contributed by atoms with Gasteiger partial charge in [0, 0.05) is 11.6 Å². The van der Waals surface area contributed by atoms with Crippen molar-refractivity contribution < 1.29 is 0 Å². The standard InChI is InChI=1S/C28H19N5/c1-18-7-6-9-19(15-18)20-13-14-25-26(16-20)32-24-12-5-4-11-23(24)31-28(32)33(25)27-29-17-21-8-2-3-10-22(21)30-27/h2-17H,1H3. The SMILES string of the molecule is Cc1cccc(-c2ccc3c(c2)n2c4ccccc4nc2n3-c2ncc3ccccc3n2)c1. The Balaban J connectivity index is 1.59. The zero-order chi connectivity index (χ0) is 21.9. The Hall–Kier alpha value is -4.51. The summed E-state index contributed by atoms with van der Waals surface area (Å²) in [6.07, 6.45) is 1.88. The minimum Gasteiger partial charge on any atom is -0.276 e. The number of hydrogen-bond acceptors (Lipinski definition) is 3. The van der Waals surface area contributed by atoms with Gasteiger partial charge >= 0.3 is 0 Å². The van der Waals surface area contributed by atoms with Gasteiger partial charge in [0.1, 0.15) is 0 Å². The van der Waals surface area contributed by atoms with E-state index in [1.54, 1.807) is 0 Å². The van der Waals surface area contributed by atoms with E-state index in [0.717, 1.165) is 38.7 Å². The van der Waals surface area contributed by atoms with E-state index < -0.39 is 0 Å². The molecule has 0 spiro atoms.